The Kier molecular flexibility index (Phi) is 4.06. The predicted molar refractivity (Wildman–Crippen MR) is 80.5 cm³/mol. The second-order valence-electron chi connectivity index (χ2n) is 6.36. The topological polar surface area (TPSA) is 41.1 Å². The summed E-state index contributed by atoms with van der Waals surface area (Å²) in [4.78, 5) is 12.6. The number of carbonyl (C=O) groups is 1. The number of hydrogen-bond donors (Lipinski definition) is 2. The predicted octanol–water partition coefficient (Wildman–Crippen LogP) is 2.57. The van der Waals surface area contributed by atoms with Crippen molar-refractivity contribution in [3.8, 4) is 0 Å². The maximum Gasteiger partial charge on any atom is 0.229 e. The molecule has 0 aromatic heterocycles. The van der Waals surface area contributed by atoms with Crippen LogP contribution in [0.25, 0.3) is 0 Å². The van der Waals surface area contributed by atoms with Crippen molar-refractivity contribution >= 4 is 5.91 Å². The summed E-state index contributed by atoms with van der Waals surface area (Å²) in [5.41, 5.74) is 2.46. The molecule has 2 aliphatic rings. The first-order valence-corrected chi connectivity index (χ1v) is 7.83. The molecule has 3 rings (SSSR count). The van der Waals surface area contributed by atoms with E-state index in [0.717, 1.165) is 31.8 Å². The minimum Gasteiger partial charge on any atom is -0.353 e. The highest BCUT2D eigenvalue weighted by Crippen LogP contribution is 2.27. The number of amides is 1. The molecule has 0 radical (unpaired) electrons. The zero-order valence-electron chi connectivity index (χ0n) is 12.2. The van der Waals surface area contributed by atoms with Gasteiger partial charge in [0.1, 0.15) is 0 Å². The lowest BCUT2D eigenvalue weighted by molar-refractivity contribution is -0.123. The minimum absolute atomic E-state index is 0.0304. The summed E-state index contributed by atoms with van der Waals surface area (Å²) in [6, 6.07) is 8.67. The van der Waals surface area contributed by atoms with Crippen molar-refractivity contribution in [2.24, 2.45) is 5.92 Å². The lowest BCUT2D eigenvalue weighted by Crippen LogP contribution is -2.44. The first kappa shape index (κ1) is 13.6. The molecule has 1 amide bonds. The largest absolute Gasteiger partial charge is 0.353 e. The van der Waals surface area contributed by atoms with Crippen LogP contribution >= 0.6 is 0 Å². The molecular formula is C17H24N2O. The lowest BCUT2D eigenvalue weighted by Gasteiger charge is -2.31. The molecule has 1 aliphatic heterocycles. The molecule has 1 aromatic carbocycles. The maximum absolute atomic E-state index is 12.6. The molecule has 3 nitrogen and oxygen atoms in total. The Labute approximate surface area is 121 Å². The lowest BCUT2D eigenvalue weighted by atomic mass is 9.85. The minimum atomic E-state index is -0.0304. The zero-order valence-corrected chi connectivity index (χ0v) is 12.2. The highest BCUT2D eigenvalue weighted by atomic mass is 16.2. The fraction of sp³-hybridized carbons (Fsp3) is 0.588. The molecule has 3 atom stereocenters. The Morgan fingerprint density at radius 1 is 1.30 bits per heavy atom. The second kappa shape index (κ2) is 5.96. The van der Waals surface area contributed by atoms with E-state index in [9.17, 15) is 4.79 Å². The Hall–Kier alpha value is -1.35. The summed E-state index contributed by atoms with van der Waals surface area (Å²) < 4.78 is 0. The average molecular weight is 272 g/mol. The molecule has 0 saturated heterocycles. The third-order valence-electron chi connectivity index (χ3n) is 4.69. The molecule has 1 aliphatic carbocycles. The average Bonchev–Trinajstić information content (AvgIpc) is 2.46. The summed E-state index contributed by atoms with van der Waals surface area (Å²) in [5.74, 6) is 0.909. The first-order valence-electron chi connectivity index (χ1n) is 7.83. The fourth-order valence-electron chi connectivity index (χ4n) is 3.60. The SMILES string of the molecule is CC1CCCC(NC(=O)C2CNCc3ccccc32)C1. The van der Waals surface area contributed by atoms with Gasteiger partial charge >= 0.3 is 0 Å². The second-order valence-corrected chi connectivity index (χ2v) is 6.36. The molecule has 2 N–H and O–H groups in total. The summed E-state index contributed by atoms with van der Waals surface area (Å²) in [6.07, 6.45) is 4.82. The van der Waals surface area contributed by atoms with E-state index in [4.69, 9.17) is 0 Å². The van der Waals surface area contributed by atoms with E-state index in [2.05, 4.69) is 29.7 Å². The molecule has 20 heavy (non-hydrogen) atoms. The van der Waals surface area contributed by atoms with Crippen LogP contribution in [0.1, 0.15) is 49.7 Å². The van der Waals surface area contributed by atoms with Gasteiger partial charge in [0.25, 0.3) is 0 Å². The normalized spacial score (nSPS) is 29.6. The molecule has 3 heteroatoms. The summed E-state index contributed by atoms with van der Waals surface area (Å²) in [6.45, 7) is 3.92. The number of rotatable bonds is 2. The van der Waals surface area contributed by atoms with Gasteiger partial charge in [0.15, 0.2) is 0 Å². The summed E-state index contributed by atoms with van der Waals surface area (Å²) in [5, 5.41) is 6.64. The Morgan fingerprint density at radius 2 is 2.15 bits per heavy atom. The van der Waals surface area contributed by atoms with Crippen LogP contribution in [-0.4, -0.2) is 18.5 Å². The Bertz CT molecular complexity index is 486. The number of nitrogens with one attached hydrogen (secondary N) is 2. The fourth-order valence-corrected chi connectivity index (χ4v) is 3.60. The van der Waals surface area contributed by atoms with Crippen LogP contribution in [0.4, 0.5) is 0 Å². The van der Waals surface area contributed by atoms with Crippen LogP contribution in [0.5, 0.6) is 0 Å². The van der Waals surface area contributed by atoms with E-state index >= 15 is 0 Å². The van der Waals surface area contributed by atoms with E-state index < -0.39 is 0 Å². The van der Waals surface area contributed by atoms with E-state index in [0.29, 0.717) is 6.04 Å². The van der Waals surface area contributed by atoms with E-state index in [-0.39, 0.29) is 11.8 Å². The molecule has 1 heterocycles. The number of fused-ring (bicyclic) bond motifs is 1. The molecule has 1 aromatic rings. The maximum atomic E-state index is 12.6. The summed E-state index contributed by atoms with van der Waals surface area (Å²) >= 11 is 0. The van der Waals surface area contributed by atoms with Crippen molar-refractivity contribution in [1.82, 2.24) is 10.6 Å². The van der Waals surface area contributed by atoms with Crippen molar-refractivity contribution in [1.29, 1.82) is 0 Å². The van der Waals surface area contributed by atoms with Gasteiger partial charge in [-0.15, -0.1) is 0 Å². The van der Waals surface area contributed by atoms with Crippen LogP contribution in [0, 0.1) is 5.92 Å². The molecule has 3 unspecified atom stereocenters. The Balaban J connectivity index is 1.69. The molecule has 1 saturated carbocycles. The van der Waals surface area contributed by atoms with Crippen LogP contribution in [-0.2, 0) is 11.3 Å². The quantitative estimate of drug-likeness (QED) is 0.869. The van der Waals surface area contributed by atoms with Gasteiger partial charge in [-0.2, -0.15) is 0 Å². The van der Waals surface area contributed by atoms with Crippen molar-refractivity contribution < 1.29 is 4.79 Å². The van der Waals surface area contributed by atoms with Crippen molar-refractivity contribution in [2.45, 2.75) is 51.1 Å². The van der Waals surface area contributed by atoms with Gasteiger partial charge in [-0.25, -0.2) is 0 Å². The standard InChI is InChI=1S/C17H24N2O/c1-12-5-4-7-14(9-12)19-17(20)16-11-18-10-13-6-2-3-8-15(13)16/h2-3,6,8,12,14,16,18H,4-5,7,9-11H2,1H3,(H,19,20). The molecule has 0 bridgehead atoms. The highest BCUT2D eigenvalue weighted by molar-refractivity contribution is 5.85. The third kappa shape index (κ3) is 2.88. The van der Waals surface area contributed by atoms with Crippen molar-refractivity contribution in [3.63, 3.8) is 0 Å². The smallest absolute Gasteiger partial charge is 0.229 e. The molecule has 108 valence electrons. The van der Waals surface area contributed by atoms with Crippen molar-refractivity contribution in [2.75, 3.05) is 6.54 Å². The van der Waals surface area contributed by atoms with Crippen LogP contribution in [0.3, 0.4) is 0 Å². The molecule has 0 spiro atoms. The van der Waals surface area contributed by atoms with Crippen molar-refractivity contribution in [3.05, 3.63) is 35.4 Å². The monoisotopic (exact) mass is 272 g/mol. The van der Waals surface area contributed by atoms with Crippen LogP contribution in [0.2, 0.25) is 0 Å². The number of benzene rings is 1. The highest BCUT2D eigenvalue weighted by Gasteiger charge is 2.28. The van der Waals surface area contributed by atoms with Gasteiger partial charge in [-0.1, -0.05) is 44.0 Å². The number of carbonyl (C=O) groups excluding carboxylic acids is 1. The zero-order chi connectivity index (χ0) is 13.9. The van der Waals surface area contributed by atoms with Gasteiger partial charge < -0.3 is 10.6 Å². The van der Waals surface area contributed by atoms with Gasteiger partial charge in [-0.05, 0) is 29.9 Å². The van der Waals surface area contributed by atoms with E-state index in [1.807, 2.05) is 12.1 Å². The molecular weight excluding hydrogens is 248 g/mol. The van der Waals surface area contributed by atoms with Crippen LogP contribution < -0.4 is 10.6 Å². The third-order valence-corrected chi connectivity index (χ3v) is 4.69. The first-order chi connectivity index (χ1) is 9.74. The van der Waals surface area contributed by atoms with Crippen LogP contribution in [0.15, 0.2) is 24.3 Å². The van der Waals surface area contributed by atoms with Gasteiger partial charge in [-0.3, -0.25) is 4.79 Å². The molecule has 1 fully saturated rings. The van der Waals surface area contributed by atoms with E-state index in [1.54, 1.807) is 0 Å². The van der Waals surface area contributed by atoms with E-state index in [1.165, 1.54) is 24.0 Å². The summed E-state index contributed by atoms with van der Waals surface area (Å²) in [7, 11) is 0. The Morgan fingerprint density at radius 3 is 3.00 bits per heavy atom. The van der Waals surface area contributed by atoms with Gasteiger partial charge in [0.05, 0.1) is 5.92 Å². The van der Waals surface area contributed by atoms with Gasteiger partial charge in [0.2, 0.25) is 5.91 Å². The number of hydrogen-bond acceptors (Lipinski definition) is 2. The van der Waals surface area contributed by atoms with Gasteiger partial charge in [0, 0.05) is 19.1 Å².